The zero-order chi connectivity index (χ0) is 19.7. The van der Waals surface area contributed by atoms with E-state index >= 15 is 0 Å². The van der Waals surface area contributed by atoms with Gasteiger partial charge in [0.1, 0.15) is 6.04 Å². The Kier molecular flexibility index (Phi) is 5.46. The molecule has 4 rings (SSSR count). The highest BCUT2D eigenvalue weighted by molar-refractivity contribution is 6.05. The first-order valence-electron chi connectivity index (χ1n) is 10.2. The molecule has 7 nitrogen and oxygen atoms in total. The Morgan fingerprint density at radius 3 is 2.82 bits per heavy atom. The Balaban J connectivity index is 1.42. The Labute approximate surface area is 165 Å². The zero-order valence-corrected chi connectivity index (χ0v) is 16.1. The number of imide groups is 1. The molecule has 0 spiro atoms. The van der Waals surface area contributed by atoms with E-state index in [0.29, 0.717) is 37.0 Å². The first kappa shape index (κ1) is 19.1. The highest BCUT2D eigenvalue weighted by atomic mass is 16.2. The topological polar surface area (TPSA) is 105 Å². The van der Waals surface area contributed by atoms with Crippen LogP contribution in [-0.2, 0) is 22.7 Å². The standard InChI is InChI=1S/C21H28N4O3/c22-16-6-1-3-13(9-16)10-23-11-14-4-2-5-15-12-25(21(28)19(14)15)17-7-8-18(26)24-20(17)27/h2,4-5,13,16-17,23H,1,3,6-12,22H2,(H,24,26,27). The lowest BCUT2D eigenvalue weighted by Gasteiger charge is -2.29. The average Bonchev–Trinajstić information content (AvgIpc) is 2.99. The van der Waals surface area contributed by atoms with Crippen LogP contribution in [0.4, 0.5) is 0 Å². The van der Waals surface area contributed by atoms with Gasteiger partial charge in [-0.3, -0.25) is 19.7 Å². The van der Waals surface area contributed by atoms with Crippen molar-refractivity contribution in [3.05, 3.63) is 34.9 Å². The third-order valence-electron chi connectivity index (χ3n) is 6.21. The van der Waals surface area contributed by atoms with Gasteiger partial charge in [0, 0.05) is 31.1 Å². The fraction of sp³-hybridized carbons (Fsp3) is 0.571. The molecule has 3 aliphatic rings. The van der Waals surface area contributed by atoms with Crippen molar-refractivity contribution < 1.29 is 14.4 Å². The number of hydrogen-bond donors (Lipinski definition) is 3. The normalized spacial score (nSPS) is 27.7. The third kappa shape index (κ3) is 3.82. The Morgan fingerprint density at radius 1 is 1.18 bits per heavy atom. The van der Waals surface area contributed by atoms with Crippen molar-refractivity contribution in [2.24, 2.45) is 11.7 Å². The quantitative estimate of drug-likeness (QED) is 0.659. The largest absolute Gasteiger partial charge is 0.328 e. The van der Waals surface area contributed by atoms with Crippen molar-refractivity contribution in [3.63, 3.8) is 0 Å². The zero-order valence-electron chi connectivity index (χ0n) is 16.1. The number of hydrogen-bond acceptors (Lipinski definition) is 5. The second-order valence-electron chi connectivity index (χ2n) is 8.27. The van der Waals surface area contributed by atoms with E-state index in [9.17, 15) is 14.4 Å². The molecule has 0 bridgehead atoms. The molecule has 1 aliphatic carbocycles. The number of piperidine rings is 1. The maximum absolute atomic E-state index is 13.1. The summed E-state index contributed by atoms with van der Waals surface area (Å²) < 4.78 is 0. The molecule has 3 atom stereocenters. The van der Waals surface area contributed by atoms with Crippen LogP contribution >= 0.6 is 0 Å². The first-order valence-corrected chi connectivity index (χ1v) is 10.2. The summed E-state index contributed by atoms with van der Waals surface area (Å²) in [4.78, 5) is 38.3. The second kappa shape index (κ2) is 8.01. The number of amides is 3. The van der Waals surface area contributed by atoms with Crippen LogP contribution in [0.3, 0.4) is 0 Å². The number of benzene rings is 1. The molecule has 3 unspecified atom stereocenters. The molecule has 28 heavy (non-hydrogen) atoms. The van der Waals surface area contributed by atoms with Crippen molar-refractivity contribution in [1.29, 1.82) is 0 Å². The van der Waals surface area contributed by atoms with E-state index < -0.39 is 6.04 Å². The van der Waals surface area contributed by atoms with Gasteiger partial charge in [-0.1, -0.05) is 24.6 Å². The van der Waals surface area contributed by atoms with Gasteiger partial charge in [0.05, 0.1) is 0 Å². The van der Waals surface area contributed by atoms with Crippen LogP contribution < -0.4 is 16.4 Å². The molecule has 0 radical (unpaired) electrons. The van der Waals surface area contributed by atoms with Crippen LogP contribution in [0, 0.1) is 5.92 Å². The molecule has 2 heterocycles. The van der Waals surface area contributed by atoms with Crippen molar-refractivity contribution in [2.45, 2.75) is 63.7 Å². The van der Waals surface area contributed by atoms with Crippen LogP contribution in [0.15, 0.2) is 18.2 Å². The Hall–Kier alpha value is -2.25. The van der Waals surface area contributed by atoms with Gasteiger partial charge >= 0.3 is 0 Å². The summed E-state index contributed by atoms with van der Waals surface area (Å²) in [5.41, 5.74) is 8.70. The van der Waals surface area contributed by atoms with Gasteiger partial charge in [-0.25, -0.2) is 0 Å². The Bertz CT molecular complexity index is 794. The van der Waals surface area contributed by atoms with E-state index in [-0.39, 0.29) is 24.1 Å². The van der Waals surface area contributed by atoms with Gasteiger partial charge in [-0.15, -0.1) is 0 Å². The second-order valence-corrected chi connectivity index (χ2v) is 8.27. The smallest absolute Gasteiger partial charge is 0.255 e. The minimum Gasteiger partial charge on any atom is -0.328 e. The van der Waals surface area contributed by atoms with Crippen molar-refractivity contribution in [1.82, 2.24) is 15.5 Å². The maximum atomic E-state index is 13.1. The average molecular weight is 384 g/mol. The summed E-state index contributed by atoms with van der Waals surface area (Å²) in [6.07, 6.45) is 5.23. The summed E-state index contributed by atoms with van der Waals surface area (Å²) in [5, 5.41) is 5.85. The van der Waals surface area contributed by atoms with E-state index in [2.05, 4.69) is 10.6 Å². The van der Waals surface area contributed by atoms with Gasteiger partial charge < -0.3 is 16.0 Å². The van der Waals surface area contributed by atoms with Crippen molar-refractivity contribution >= 4 is 17.7 Å². The molecule has 1 aromatic carbocycles. The first-order chi connectivity index (χ1) is 13.5. The van der Waals surface area contributed by atoms with Gasteiger partial charge in [0.25, 0.3) is 5.91 Å². The third-order valence-corrected chi connectivity index (χ3v) is 6.21. The van der Waals surface area contributed by atoms with E-state index in [1.54, 1.807) is 4.90 Å². The number of nitrogens with two attached hydrogens (primary N) is 1. The van der Waals surface area contributed by atoms with Crippen LogP contribution in [0.1, 0.15) is 60.0 Å². The lowest BCUT2D eigenvalue weighted by molar-refractivity contribution is -0.136. The number of nitrogens with zero attached hydrogens (tertiary/aromatic N) is 1. The summed E-state index contributed by atoms with van der Waals surface area (Å²) in [6, 6.07) is 5.63. The Morgan fingerprint density at radius 2 is 2.04 bits per heavy atom. The molecule has 3 amide bonds. The van der Waals surface area contributed by atoms with Crippen LogP contribution in [0.2, 0.25) is 0 Å². The SMILES string of the molecule is NC1CCCC(CNCc2cccc3c2C(=O)N(C2CCC(=O)NC2=O)C3)C1. The molecule has 2 fully saturated rings. The number of nitrogens with one attached hydrogen (secondary N) is 2. The molecule has 1 saturated carbocycles. The van der Waals surface area contributed by atoms with Crippen molar-refractivity contribution in [3.8, 4) is 0 Å². The van der Waals surface area contributed by atoms with Gasteiger partial charge in [-0.05, 0) is 49.3 Å². The summed E-state index contributed by atoms with van der Waals surface area (Å²) in [5.74, 6) is -0.152. The number of rotatable bonds is 5. The summed E-state index contributed by atoms with van der Waals surface area (Å²) >= 11 is 0. The number of fused-ring (bicyclic) bond motifs is 1. The molecular formula is C21H28N4O3. The lowest BCUT2D eigenvalue weighted by Crippen LogP contribution is -2.52. The van der Waals surface area contributed by atoms with Gasteiger partial charge in [-0.2, -0.15) is 0 Å². The summed E-state index contributed by atoms with van der Waals surface area (Å²) in [6.45, 7) is 1.96. The highest BCUT2D eigenvalue weighted by Crippen LogP contribution is 2.30. The molecule has 0 aromatic heterocycles. The lowest BCUT2D eigenvalue weighted by atomic mass is 9.86. The molecule has 4 N–H and O–H groups in total. The predicted octanol–water partition coefficient (Wildman–Crippen LogP) is 1.05. The predicted molar refractivity (Wildman–Crippen MR) is 104 cm³/mol. The molecule has 7 heteroatoms. The fourth-order valence-electron chi connectivity index (χ4n) is 4.77. The maximum Gasteiger partial charge on any atom is 0.255 e. The highest BCUT2D eigenvalue weighted by Gasteiger charge is 2.39. The van der Waals surface area contributed by atoms with Crippen LogP contribution in [0.25, 0.3) is 0 Å². The molecule has 150 valence electrons. The number of carbonyl (C=O) groups is 3. The van der Waals surface area contributed by atoms with Crippen molar-refractivity contribution in [2.75, 3.05) is 6.54 Å². The minimum absolute atomic E-state index is 0.110. The summed E-state index contributed by atoms with van der Waals surface area (Å²) in [7, 11) is 0. The van der Waals surface area contributed by atoms with E-state index in [1.807, 2.05) is 18.2 Å². The van der Waals surface area contributed by atoms with E-state index in [1.165, 1.54) is 12.8 Å². The van der Waals surface area contributed by atoms with Crippen LogP contribution in [-0.4, -0.2) is 41.2 Å². The fourth-order valence-corrected chi connectivity index (χ4v) is 4.77. The van der Waals surface area contributed by atoms with Crippen LogP contribution in [0.5, 0.6) is 0 Å². The van der Waals surface area contributed by atoms with E-state index in [0.717, 1.165) is 30.5 Å². The minimum atomic E-state index is -0.567. The molecule has 1 aromatic rings. The van der Waals surface area contributed by atoms with E-state index in [4.69, 9.17) is 5.73 Å². The van der Waals surface area contributed by atoms with Gasteiger partial charge in [0.15, 0.2) is 0 Å². The molecule has 2 aliphatic heterocycles. The van der Waals surface area contributed by atoms with Gasteiger partial charge in [0.2, 0.25) is 11.8 Å². The molecule has 1 saturated heterocycles. The molecular weight excluding hydrogens is 356 g/mol. The monoisotopic (exact) mass is 384 g/mol. The number of carbonyl (C=O) groups excluding carboxylic acids is 3.